The lowest BCUT2D eigenvalue weighted by atomic mass is 10.1. The minimum Gasteiger partial charge on any atom is -0.389 e. The first-order valence-electron chi connectivity index (χ1n) is 4.75. The van der Waals surface area contributed by atoms with Crippen LogP contribution in [0.4, 0.5) is 0 Å². The Morgan fingerprint density at radius 1 is 1.31 bits per heavy atom. The van der Waals surface area contributed by atoms with Crippen molar-refractivity contribution in [1.82, 2.24) is 4.57 Å². The fourth-order valence-corrected chi connectivity index (χ4v) is 1.77. The summed E-state index contributed by atoms with van der Waals surface area (Å²) in [4.78, 5) is 11.2. The van der Waals surface area contributed by atoms with Gasteiger partial charge in [0.05, 0.1) is 0 Å². The van der Waals surface area contributed by atoms with Gasteiger partial charge in [0.25, 0.3) is 0 Å². The summed E-state index contributed by atoms with van der Waals surface area (Å²) in [6, 6.07) is 7.56. The van der Waals surface area contributed by atoms with Gasteiger partial charge in [0.1, 0.15) is 11.5 Å². The van der Waals surface area contributed by atoms with Crippen LogP contribution < -0.4 is 11.5 Å². The molecule has 0 unspecified atom stereocenters. The van der Waals surface area contributed by atoms with Crippen molar-refractivity contribution in [2.45, 2.75) is 6.54 Å². The molecule has 0 bridgehead atoms. The molecule has 1 aromatic heterocycles. The average Bonchev–Trinajstić information content (AvgIpc) is 2.60. The molecule has 1 aromatic carbocycles. The molecule has 4 N–H and O–H groups in total. The molecule has 1 amide bonds. The number of aromatic nitrogens is 1. The minimum absolute atomic E-state index is 0.157. The normalized spacial score (nSPS) is 10.5. The Morgan fingerprint density at radius 2 is 2.06 bits per heavy atom. The zero-order chi connectivity index (χ0) is 11.7. The van der Waals surface area contributed by atoms with Crippen molar-refractivity contribution >= 4 is 34.0 Å². The van der Waals surface area contributed by atoms with Gasteiger partial charge in [-0.2, -0.15) is 0 Å². The molecular formula is C11H11N3OS. The van der Waals surface area contributed by atoms with E-state index >= 15 is 0 Å². The first kappa shape index (κ1) is 10.6. The van der Waals surface area contributed by atoms with Crippen molar-refractivity contribution in [3.8, 4) is 0 Å². The van der Waals surface area contributed by atoms with E-state index in [1.807, 2.05) is 30.5 Å². The van der Waals surface area contributed by atoms with Gasteiger partial charge in [0.15, 0.2) is 0 Å². The van der Waals surface area contributed by atoms with Crippen LogP contribution in [0, 0.1) is 0 Å². The van der Waals surface area contributed by atoms with E-state index < -0.39 is 0 Å². The Kier molecular flexibility index (Phi) is 2.62. The van der Waals surface area contributed by atoms with Crippen molar-refractivity contribution in [2.24, 2.45) is 11.5 Å². The number of carbonyl (C=O) groups excluding carboxylic acids is 1. The number of amides is 1. The molecule has 1 heterocycles. The number of benzene rings is 1. The minimum atomic E-state index is -0.377. The molecule has 2 rings (SSSR count). The van der Waals surface area contributed by atoms with Gasteiger partial charge >= 0.3 is 0 Å². The largest absolute Gasteiger partial charge is 0.389 e. The van der Waals surface area contributed by atoms with Gasteiger partial charge in [-0.15, -0.1) is 0 Å². The van der Waals surface area contributed by atoms with Crippen LogP contribution in [0.1, 0.15) is 5.56 Å². The van der Waals surface area contributed by atoms with Crippen molar-refractivity contribution in [2.75, 3.05) is 0 Å². The molecule has 0 aliphatic rings. The zero-order valence-corrected chi connectivity index (χ0v) is 9.33. The van der Waals surface area contributed by atoms with Gasteiger partial charge in [-0.1, -0.05) is 24.4 Å². The maximum Gasteiger partial charge on any atom is 0.237 e. The highest BCUT2D eigenvalue weighted by Crippen LogP contribution is 2.17. The highest BCUT2D eigenvalue weighted by molar-refractivity contribution is 7.80. The maximum absolute atomic E-state index is 10.9. The molecule has 4 nitrogen and oxygen atoms in total. The Bertz CT molecular complexity index is 574. The lowest BCUT2D eigenvalue weighted by Gasteiger charge is -2.03. The second-order valence-corrected chi connectivity index (χ2v) is 3.99. The van der Waals surface area contributed by atoms with Crippen LogP contribution in [0.5, 0.6) is 0 Å². The Balaban J connectivity index is 2.55. The zero-order valence-electron chi connectivity index (χ0n) is 8.51. The predicted molar refractivity (Wildman–Crippen MR) is 67.0 cm³/mol. The lowest BCUT2D eigenvalue weighted by molar-refractivity contribution is -0.118. The number of hydrogen-bond donors (Lipinski definition) is 2. The number of rotatable bonds is 3. The van der Waals surface area contributed by atoms with Crippen molar-refractivity contribution in [3.63, 3.8) is 0 Å². The van der Waals surface area contributed by atoms with Gasteiger partial charge in [-0.05, 0) is 17.5 Å². The quantitative estimate of drug-likeness (QED) is 0.769. The fraction of sp³-hybridized carbons (Fsp3) is 0.0909. The molecule has 5 heteroatoms. The number of thiocarbonyl (C=S) groups is 1. The van der Waals surface area contributed by atoms with Gasteiger partial charge in [0.2, 0.25) is 5.91 Å². The van der Waals surface area contributed by atoms with Crippen LogP contribution in [0.25, 0.3) is 10.9 Å². The summed E-state index contributed by atoms with van der Waals surface area (Å²) in [7, 11) is 0. The van der Waals surface area contributed by atoms with Crippen LogP contribution >= 0.6 is 12.2 Å². The molecule has 2 aromatic rings. The third-order valence-corrected chi connectivity index (χ3v) is 2.62. The summed E-state index contributed by atoms with van der Waals surface area (Å²) < 4.78 is 1.78. The average molecular weight is 233 g/mol. The van der Waals surface area contributed by atoms with E-state index in [1.54, 1.807) is 4.57 Å². The summed E-state index contributed by atoms with van der Waals surface area (Å²) in [6.45, 7) is 0.157. The van der Waals surface area contributed by atoms with Crippen molar-refractivity contribution < 1.29 is 4.79 Å². The summed E-state index contributed by atoms with van der Waals surface area (Å²) in [5, 5.41) is 1.03. The summed E-state index contributed by atoms with van der Waals surface area (Å²) in [6.07, 6.45) is 1.82. The first-order chi connectivity index (χ1) is 7.58. The highest BCUT2D eigenvalue weighted by atomic mass is 32.1. The molecule has 0 radical (unpaired) electrons. The van der Waals surface area contributed by atoms with E-state index in [2.05, 4.69) is 0 Å². The standard InChI is InChI=1S/C11H11N3OS/c12-10(15)6-14-4-3-7-1-2-8(11(13)16)5-9(7)14/h1-5H,6H2,(H2,12,15)(H2,13,16). The van der Waals surface area contributed by atoms with E-state index in [4.69, 9.17) is 23.7 Å². The predicted octanol–water partition coefficient (Wildman–Crippen LogP) is 0.761. The second kappa shape index (κ2) is 3.94. The van der Waals surface area contributed by atoms with Crippen LogP contribution in [-0.4, -0.2) is 15.5 Å². The number of carbonyl (C=O) groups is 1. The Labute approximate surface area is 97.8 Å². The van der Waals surface area contributed by atoms with E-state index in [0.29, 0.717) is 4.99 Å². The molecule has 0 fully saturated rings. The van der Waals surface area contributed by atoms with Crippen molar-refractivity contribution in [1.29, 1.82) is 0 Å². The van der Waals surface area contributed by atoms with E-state index in [9.17, 15) is 4.79 Å². The summed E-state index contributed by atoms with van der Waals surface area (Å²) in [5.41, 5.74) is 12.4. The van der Waals surface area contributed by atoms with Crippen LogP contribution in [-0.2, 0) is 11.3 Å². The first-order valence-corrected chi connectivity index (χ1v) is 5.16. The molecule has 0 aliphatic carbocycles. The van der Waals surface area contributed by atoms with Crippen LogP contribution in [0.3, 0.4) is 0 Å². The Hall–Kier alpha value is -1.88. The van der Waals surface area contributed by atoms with Crippen molar-refractivity contribution in [3.05, 3.63) is 36.0 Å². The monoisotopic (exact) mass is 233 g/mol. The van der Waals surface area contributed by atoms with Crippen LogP contribution in [0.2, 0.25) is 0 Å². The molecule has 82 valence electrons. The number of nitrogens with zero attached hydrogens (tertiary/aromatic N) is 1. The number of primary amides is 1. The van der Waals surface area contributed by atoms with Crippen LogP contribution in [0.15, 0.2) is 30.5 Å². The number of nitrogens with two attached hydrogens (primary N) is 2. The number of fused-ring (bicyclic) bond motifs is 1. The molecule has 0 saturated carbocycles. The van der Waals surface area contributed by atoms with Gasteiger partial charge in [-0.3, -0.25) is 4.79 Å². The molecule has 16 heavy (non-hydrogen) atoms. The fourth-order valence-electron chi connectivity index (χ4n) is 1.64. The maximum atomic E-state index is 10.9. The third-order valence-electron chi connectivity index (χ3n) is 2.38. The smallest absolute Gasteiger partial charge is 0.237 e. The van der Waals surface area contributed by atoms with E-state index in [0.717, 1.165) is 16.5 Å². The summed E-state index contributed by atoms with van der Waals surface area (Å²) in [5.74, 6) is -0.377. The SMILES string of the molecule is NC(=O)Cn1ccc2ccc(C(N)=S)cc21. The highest BCUT2D eigenvalue weighted by Gasteiger charge is 2.05. The number of hydrogen-bond acceptors (Lipinski definition) is 2. The van der Waals surface area contributed by atoms with Gasteiger partial charge in [0, 0.05) is 17.3 Å². The van der Waals surface area contributed by atoms with E-state index in [-0.39, 0.29) is 12.5 Å². The molecule has 0 saturated heterocycles. The van der Waals surface area contributed by atoms with E-state index in [1.165, 1.54) is 0 Å². The van der Waals surface area contributed by atoms with Gasteiger partial charge < -0.3 is 16.0 Å². The topological polar surface area (TPSA) is 74.0 Å². The van der Waals surface area contributed by atoms with Gasteiger partial charge in [-0.25, -0.2) is 0 Å². The second-order valence-electron chi connectivity index (χ2n) is 3.55. The molecular weight excluding hydrogens is 222 g/mol. The lowest BCUT2D eigenvalue weighted by Crippen LogP contribution is -2.18. The summed E-state index contributed by atoms with van der Waals surface area (Å²) >= 11 is 4.91. The molecule has 0 atom stereocenters. The Morgan fingerprint density at radius 3 is 2.69 bits per heavy atom. The third kappa shape index (κ3) is 1.90. The molecule has 0 aliphatic heterocycles. The molecule has 0 spiro atoms.